The maximum absolute atomic E-state index is 5.71. The fourth-order valence-electron chi connectivity index (χ4n) is 3.47. The molecule has 0 heterocycles. The zero-order valence-corrected chi connectivity index (χ0v) is 17.5. The average Bonchev–Trinajstić information content (AvgIpc) is 2.62. The number of rotatable bonds is 12. The quantitative estimate of drug-likeness (QED) is 0.315. The molecule has 1 aromatic rings. The van der Waals surface area contributed by atoms with Crippen LogP contribution < -0.4 is 5.73 Å². The number of hydrogen-bond acceptors (Lipinski definition) is 1. The molecule has 0 saturated heterocycles. The van der Waals surface area contributed by atoms with E-state index in [2.05, 4.69) is 70.7 Å². The summed E-state index contributed by atoms with van der Waals surface area (Å²) in [5, 5.41) is 0. The average molecular weight is 354 g/mol. The van der Waals surface area contributed by atoms with Crippen molar-refractivity contribution in [2.45, 2.75) is 72.6 Å². The summed E-state index contributed by atoms with van der Waals surface area (Å²) in [6.45, 7) is 13.9. The van der Waals surface area contributed by atoms with Gasteiger partial charge >= 0.3 is 0 Å². The first-order chi connectivity index (χ1) is 12.5. The van der Waals surface area contributed by atoms with Crippen molar-refractivity contribution in [2.24, 2.45) is 11.7 Å². The Labute approximate surface area is 162 Å². The zero-order chi connectivity index (χ0) is 19.4. The van der Waals surface area contributed by atoms with Crippen LogP contribution >= 0.6 is 0 Å². The molecule has 0 aromatic heterocycles. The molecular weight excluding hydrogens is 314 g/mol. The summed E-state index contributed by atoms with van der Waals surface area (Å²) in [4.78, 5) is 0. The van der Waals surface area contributed by atoms with Crippen LogP contribution in [-0.4, -0.2) is 6.54 Å². The first kappa shape index (κ1) is 22.4. The molecule has 0 aliphatic rings. The Hall–Kier alpha value is -1.60. The van der Waals surface area contributed by atoms with Crippen LogP contribution in [0.4, 0.5) is 0 Å². The molecule has 0 fully saturated rings. The fraction of sp³-hybridized carbons (Fsp3) is 0.520. The van der Waals surface area contributed by atoms with Crippen molar-refractivity contribution in [3.05, 3.63) is 65.3 Å². The van der Waals surface area contributed by atoms with Crippen molar-refractivity contribution in [2.75, 3.05) is 6.54 Å². The molecule has 0 saturated carbocycles. The molecule has 0 bridgehead atoms. The molecule has 0 aliphatic heterocycles. The monoisotopic (exact) mass is 353 g/mol. The van der Waals surface area contributed by atoms with Crippen molar-refractivity contribution < 1.29 is 0 Å². The van der Waals surface area contributed by atoms with Crippen molar-refractivity contribution in [3.63, 3.8) is 0 Å². The number of hydrogen-bond donors (Lipinski definition) is 1. The van der Waals surface area contributed by atoms with Crippen molar-refractivity contribution in [1.29, 1.82) is 0 Å². The van der Waals surface area contributed by atoms with Gasteiger partial charge in [0, 0.05) is 6.54 Å². The maximum Gasteiger partial charge on any atom is 0.0110 e. The van der Waals surface area contributed by atoms with Gasteiger partial charge in [-0.05, 0) is 61.6 Å². The highest BCUT2D eigenvalue weighted by Gasteiger charge is 2.09. The lowest BCUT2D eigenvalue weighted by Crippen LogP contribution is -1.99. The summed E-state index contributed by atoms with van der Waals surface area (Å²) < 4.78 is 0. The van der Waals surface area contributed by atoms with E-state index in [0.717, 1.165) is 25.7 Å². The summed E-state index contributed by atoms with van der Waals surface area (Å²) in [5.41, 5.74) is 12.6. The van der Waals surface area contributed by atoms with Crippen LogP contribution in [0.1, 0.15) is 77.3 Å². The van der Waals surface area contributed by atoms with E-state index in [4.69, 9.17) is 5.73 Å². The highest BCUT2D eigenvalue weighted by molar-refractivity contribution is 5.76. The lowest BCUT2D eigenvalue weighted by atomic mass is 9.90. The van der Waals surface area contributed by atoms with Crippen molar-refractivity contribution in [1.82, 2.24) is 0 Å². The summed E-state index contributed by atoms with van der Waals surface area (Å²) in [7, 11) is 0. The lowest BCUT2D eigenvalue weighted by molar-refractivity contribution is 0.523. The van der Waals surface area contributed by atoms with Gasteiger partial charge in [0.05, 0.1) is 0 Å². The number of aryl methyl sites for hydroxylation is 1. The summed E-state index contributed by atoms with van der Waals surface area (Å²) in [5.74, 6) is 0.671. The van der Waals surface area contributed by atoms with Gasteiger partial charge in [-0.3, -0.25) is 0 Å². The summed E-state index contributed by atoms with van der Waals surface area (Å²) in [6, 6.07) is 9.05. The smallest absolute Gasteiger partial charge is 0.0110 e. The highest BCUT2D eigenvalue weighted by Crippen LogP contribution is 2.27. The van der Waals surface area contributed by atoms with Crippen LogP contribution in [0.15, 0.2) is 54.1 Å². The fourth-order valence-corrected chi connectivity index (χ4v) is 3.47. The second kappa shape index (κ2) is 12.7. The maximum atomic E-state index is 5.71. The number of nitrogens with two attached hydrogens (primary N) is 1. The molecule has 1 unspecified atom stereocenters. The Morgan fingerprint density at radius 3 is 2.38 bits per heavy atom. The van der Waals surface area contributed by atoms with E-state index < -0.39 is 0 Å². The summed E-state index contributed by atoms with van der Waals surface area (Å²) in [6.07, 6.45) is 12.5. The molecule has 0 spiro atoms. The molecule has 1 nitrogen and oxygen atoms in total. The molecular formula is C25H39N. The molecule has 1 rings (SSSR count). The molecule has 0 radical (unpaired) electrons. The van der Waals surface area contributed by atoms with Gasteiger partial charge in [0.1, 0.15) is 0 Å². The van der Waals surface area contributed by atoms with E-state index in [-0.39, 0.29) is 0 Å². The second-order valence-corrected chi connectivity index (χ2v) is 7.63. The topological polar surface area (TPSA) is 26.0 Å². The van der Waals surface area contributed by atoms with Gasteiger partial charge in [-0.2, -0.15) is 0 Å². The lowest BCUT2D eigenvalue weighted by Gasteiger charge is -2.16. The van der Waals surface area contributed by atoms with Crippen LogP contribution in [0.25, 0.3) is 5.57 Å². The van der Waals surface area contributed by atoms with Gasteiger partial charge in [0.15, 0.2) is 0 Å². The van der Waals surface area contributed by atoms with Crippen molar-refractivity contribution >= 4 is 5.57 Å². The van der Waals surface area contributed by atoms with E-state index in [1.165, 1.54) is 47.1 Å². The van der Waals surface area contributed by atoms with Gasteiger partial charge in [0.2, 0.25) is 0 Å². The molecule has 26 heavy (non-hydrogen) atoms. The molecule has 0 amide bonds. The first-order valence-corrected chi connectivity index (χ1v) is 10.3. The number of allylic oxidation sites excluding steroid dienone is 4. The Morgan fingerprint density at radius 2 is 1.81 bits per heavy atom. The predicted molar refractivity (Wildman–Crippen MR) is 118 cm³/mol. The van der Waals surface area contributed by atoms with Gasteiger partial charge in [0.25, 0.3) is 0 Å². The molecule has 1 atom stereocenters. The van der Waals surface area contributed by atoms with Crippen LogP contribution in [0.5, 0.6) is 0 Å². The summed E-state index contributed by atoms with van der Waals surface area (Å²) >= 11 is 0. The number of benzene rings is 1. The van der Waals surface area contributed by atoms with E-state index in [1.54, 1.807) is 0 Å². The van der Waals surface area contributed by atoms with Crippen LogP contribution in [-0.2, 0) is 6.42 Å². The normalized spacial score (nSPS) is 13.7. The second-order valence-electron chi connectivity index (χ2n) is 7.63. The third kappa shape index (κ3) is 8.19. The largest absolute Gasteiger partial charge is 0.327 e. The van der Waals surface area contributed by atoms with Crippen LogP contribution in [0.2, 0.25) is 0 Å². The Kier molecular flexibility index (Phi) is 11.0. The van der Waals surface area contributed by atoms with Gasteiger partial charge in [-0.1, -0.05) is 87.8 Å². The molecule has 1 heteroatoms. The standard InChI is InChI=1S/C25H39N/c1-6-9-20(3)12-13-21(4)19-22(5)25(11-8-18-26)24-16-14-23(10-7-2)15-17-24/h8,11,14-17,21H,3,6-7,9-10,12-13,18-19,26H2,1-2,4-5H3. The first-order valence-electron chi connectivity index (χ1n) is 10.3. The highest BCUT2D eigenvalue weighted by atomic mass is 14.5. The van der Waals surface area contributed by atoms with E-state index in [0.29, 0.717) is 12.5 Å². The SMILES string of the molecule is C=C(CCC)CCC(C)CC(C)=C(C=CCN)c1ccc(CCC)cc1. The van der Waals surface area contributed by atoms with E-state index >= 15 is 0 Å². The third-order valence-corrected chi connectivity index (χ3v) is 4.93. The zero-order valence-electron chi connectivity index (χ0n) is 17.5. The van der Waals surface area contributed by atoms with Gasteiger partial charge in [-0.15, -0.1) is 0 Å². The third-order valence-electron chi connectivity index (χ3n) is 4.93. The Balaban J connectivity index is 2.87. The minimum absolute atomic E-state index is 0.580. The van der Waals surface area contributed by atoms with E-state index in [9.17, 15) is 0 Å². The van der Waals surface area contributed by atoms with Gasteiger partial charge < -0.3 is 5.73 Å². The van der Waals surface area contributed by atoms with Crippen LogP contribution in [0, 0.1) is 5.92 Å². The van der Waals surface area contributed by atoms with Crippen molar-refractivity contribution in [3.8, 4) is 0 Å². The minimum atomic E-state index is 0.580. The molecule has 2 N–H and O–H groups in total. The minimum Gasteiger partial charge on any atom is -0.327 e. The predicted octanol–water partition coefficient (Wildman–Crippen LogP) is 7.09. The molecule has 0 aliphatic carbocycles. The Bertz CT molecular complexity index is 589. The van der Waals surface area contributed by atoms with Gasteiger partial charge in [-0.25, -0.2) is 0 Å². The van der Waals surface area contributed by atoms with Crippen LogP contribution in [0.3, 0.4) is 0 Å². The van der Waals surface area contributed by atoms with E-state index in [1.807, 2.05) is 0 Å². The molecule has 1 aromatic carbocycles. The molecule has 144 valence electrons. The Morgan fingerprint density at radius 1 is 1.12 bits per heavy atom.